The van der Waals surface area contributed by atoms with E-state index in [0.717, 1.165) is 11.4 Å². The van der Waals surface area contributed by atoms with Crippen LogP contribution in [0.15, 0.2) is 24.3 Å². The minimum absolute atomic E-state index is 0.211. The predicted molar refractivity (Wildman–Crippen MR) is 69.7 cm³/mol. The van der Waals surface area contributed by atoms with Gasteiger partial charge in [-0.15, -0.1) is 0 Å². The Morgan fingerprint density at radius 1 is 1.44 bits per heavy atom. The van der Waals surface area contributed by atoms with Gasteiger partial charge in [-0.05, 0) is 25.1 Å². The molecule has 100 valence electrons. The van der Waals surface area contributed by atoms with E-state index in [9.17, 15) is 13.2 Å². The second-order valence-corrected chi connectivity index (χ2v) is 5.49. The molecule has 1 rings (SSSR count). The molecule has 1 aromatic rings. The Balaban J connectivity index is 3.06. The number of esters is 1. The molecule has 2 N–H and O–H groups in total. The molecule has 0 spiro atoms. The number of nitrogen functional groups attached to an aromatic ring is 1. The number of hydrogen-bond acceptors (Lipinski definition) is 5. The van der Waals surface area contributed by atoms with Crippen molar-refractivity contribution in [2.24, 2.45) is 0 Å². The number of sulfonamides is 1. The van der Waals surface area contributed by atoms with Crippen LogP contribution in [0.25, 0.3) is 0 Å². The van der Waals surface area contributed by atoms with Crippen LogP contribution in [0.5, 0.6) is 0 Å². The maximum atomic E-state index is 12.0. The lowest BCUT2D eigenvalue weighted by Gasteiger charge is -2.22. The zero-order valence-electron chi connectivity index (χ0n) is 10.3. The molecular formula is C11H16N2O4S. The molecule has 0 unspecified atom stereocenters. The highest BCUT2D eigenvalue weighted by Gasteiger charge is 2.25. The van der Waals surface area contributed by atoms with Crippen LogP contribution in [-0.2, 0) is 19.6 Å². The fourth-order valence-electron chi connectivity index (χ4n) is 1.51. The van der Waals surface area contributed by atoms with Crippen molar-refractivity contribution in [1.29, 1.82) is 0 Å². The number of anilines is 2. The Morgan fingerprint density at radius 2 is 2.11 bits per heavy atom. The van der Waals surface area contributed by atoms with Crippen LogP contribution >= 0.6 is 0 Å². The van der Waals surface area contributed by atoms with Crippen molar-refractivity contribution < 1.29 is 17.9 Å². The van der Waals surface area contributed by atoms with Gasteiger partial charge in [-0.3, -0.25) is 9.10 Å². The average molecular weight is 272 g/mol. The highest BCUT2D eigenvalue weighted by molar-refractivity contribution is 7.93. The fraction of sp³-hybridized carbons (Fsp3) is 0.364. The van der Waals surface area contributed by atoms with Crippen molar-refractivity contribution in [2.45, 2.75) is 6.92 Å². The fourth-order valence-corrected chi connectivity index (χ4v) is 2.91. The highest BCUT2D eigenvalue weighted by atomic mass is 32.2. The van der Waals surface area contributed by atoms with E-state index < -0.39 is 21.7 Å². The van der Waals surface area contributed by atoms with Gasteiger partial charge in [0, 0.05) is 12.2 Å². The minimum atomic E-state index is -3.75. The van der Waals surface area contributed by atoms with E-state index in [1.807, 2.05) is 0 Å². The molecule has 7 heteroatoms. The summed E-state index contributed by atoms with van der Waals surface area (Å²) in [6.07, 6.45) is 0. The third kappa shape index (κ3) is 3.36. The van der Waals surface area contributed by atoms with Crippen molar-refractivity contribution in [3.05, 3.63) is 24.3 Å². The molecule has 0 radical (unpaired) electrons. The molecule has 18 heavy (non-hydrogen) atoms. The van der Waals surface area contributed by atoms with Crippen LogP contribution in [0.2, 0.25) is 0 Å². The van der Waals surface area contributed by atoms with Gasteiger partial charge in [0.25, 0.3) is 0 Å². The standard InChI is InChI=1S/C11H16N2O4S/c1-3-13(10-6-4-5-9(12)7-10)18(15,16)8-11(14)17-2/h4-7H,3,8,12H2,1-2H3. The molecule has 0 saturated heterocycles. The molecule has 0 aliphatic rings. The Bertz CT molecular complexity index is 528. The number of carbonyl (C=O) groups excluding carboxylic acids is 1. The summed E-state index contributed by atoms with van der Waals surface area (Å²) in [4.78, 5) is 11.1. The lowest BCUT2D eigenvalue weighted by molar-refractivity contribution is -0.137. The normalized spacial score (nSPS) is 11.0. The smallest absolute Gasteiger partial charge is 0.322 e. The van der Waals surface area contributed by atoms with Crippen molar-refractivity contribution in [3.8, 4) is 0 Å². The van der Waals surface area contributed by atoms with E-state index in [-0.39, 0.29) is 6.54 Å². The highest BCUT2D eigenvalue weighted by Crippen LogP contribution is 2.20. The Kier molecular flexibility index (Phi) is 4.55. The van der Waals surface area contributed by atoms with Crippen molar-refractivity contribution >= 4 is 27.4 Å². The van der Waals surface area contributed by atoms with Crippen LogP contribution in [0.3, 0.4) is 0 Å². The summed E-state index contributed by atoms with van der Waals surface area (Å²) in [5.41, 5.74) is 6.50. The average Bonchev–Trinajstić information content (AvgIpc) is 2.28. The molecule has 0 amide bonds. The first kappa shape index (κ1) is 14.3. The van der Waals surface area contributed by atoms with Crippen molar-refractivity contribution in [1.82, 2.24) is 0 Å². The van der Waals surface area contributed by atoms with Crippen LogP contribution < -0.4 is 10.0 Å². The molecule has 0 heterocycles. The number of rotatable bonds is 5. The van der Waals surface area contributed by atoms with E-state index in [4.69, 9.17) is 5.73 Å². The van der Waals surface area contributed by atoms with Gasteiger partial charge in [0.1, 0.15) is 0 Å². The summed E-state index contributed by atoms with van der Waals surface area (Å²) in [6, 6.07) is 6.47. The molecule has 0 aliphatic heterocycles. The Labute approximate surface area is 106 Å². The first-order chi connectivity index (χ1) is 8.40. The summed E-state index contributed by atoms with van der Waals surface area (Å²) in [7, 11) is -2.60. The molecular weight excluding hydrogens is 256 g/mol. The number of methoxy groups -OCH3 is 1. The molecule has 0 bridgehead atoms. The molecule has 0 atom stereocenters. The maximum absolute atomic E-state index is 12.0. The van der Waals surface area contributed by atoms with Crippen LogP contribution in [0.4, 0.5) is 11.4 Å². The summed E-state index contributed by atoms with van der Waals surface area (Å²) in [5, 5.41) is 0. The predicted octanol–water partition coefficient (Wildman–Crippen LogP) is 0.598. The number of nitrogens with two attached hydrogens (primary N) is 1. The Hall–Kier alpha value is -1.76. The third-order valence-electron chi connectivity index (χ3n) is 2.31. The lowest BCUT2D eigenvalue weighted by Crippen LogP contribution is -2.35. The maximum Gasteiger partial charge on any atom is 0.322 e. The van der Waals surface area contributed by atoms with E-state index in [0.29, 0.717) is 11.4 Å². The molecule has 6 nitrogen and oxygen atoms in total. The summed E-state index contributed by atoms with van der Waals surface area (Å²) in [6.45, 7) is 1.89. The molecule has 1 aromatic carbocycles. The van der Waals surface area contributed by atoms with Gasteiger partial charge in [0.05, 0.1) is 12.8 Å². The molecule has 0 saturated carbocycles. The van der Waals surface area contributed by atoms with Gasteiger partial charge < -0.3 is 10.5 Å². The minimum Gasteiger partial charge on any atom is -0.468 e. The quantitative estimate of drug-likeness (QED) is 0.626. The largest absolute Gasteiger partial charge is 0.468 e. The molecule has 0 fully saturated rings. The first-order valence-electron chi connectivity index (χ1n) is 5.33. The van der Waals surface area contributed by atoms with Gasteiger partial charge in [-0.2, -0.15) is 0 Å². The van der Waals surface area contributed by atoms with E-state index in [2.05, 4.69) is 4.74 Å². The van der Waals surface area contributed by atoms with Gasteiger partial charge in [-0.1, -0.05) is 6.07 Å². The number of hydrogen-bond donors (Lipinski definition) is 1. The summed E-state index contributed by atoms with van der Waals surface area (Å²) in [5.74, 6) is -1.48. The van der Waals surface area contributed by atoms with Crippen LogP contribution in [0, 0.1) is 0 Å². The van der Waals surface area contributed by atoms with Crippen LogP contribution in [-0.4, -0.2) is 33.8 Å². The molecule has 0 aromatic heterocycles. The van der Waals surface area contributed by atoms with Gasteiger partial charge in [0.15, 0.2) is 5.75 Å². The van der Waals surface area contributed by atoms with Crippen molar-refractivity contribution in [2.75, 3.05) is 29.4 Å². The zero-order chi connectivity index (χ0) is 13.8. The van der Waals surface area contributed by atoms with E-state index in [1.165, 1.54) is 0 Å². The third-order valence-corrected chi connectivity index (χ3v) is 4.05. The summed E-state index contributed by atoms with van der Waals surface area (Å²) < 4.78 is 29.6. The number of benzene rings is 1. The monoisotopic (exact) mass is 272 g/mol. The summed E-state index contributed by atoms with van der Waals surface area (Å²) >= 11 is 0. The number of nitrogens with zero attached hydrogens (tertiary/aromatic N) is 1. The number of ether oxygens (including phenoxy) is 1. The second kappa shape index (κ2) is 5.72. The first-order valence-corrected chi connectivity index (χ1v) is 6.94. The number of carbonyl (C=O) groups is 1. The van der Waals surface area contributed by atoms with Crippen molar-refractivity contribution in [3.63, 3.8) is 0 Å². The van der Waals surface area contributed by atoms with Gasteiger partial charge in [0.2, 0.25) is 10.0 Å². The van der Waals surface area contributed by atoms with Crippen LogP contribution in [0.1, 0.15) is 6.92 Å². The SMILES string of the molecule is CCN(c1cccc(N)c1)S(=O)(=O)CC(=O)OC. The Morgan fingerprint density at radius 3 is 2.61 bits per heavy atom. The second-order valence-electron chi connectivity index (χ2n) is 3.59. The lowest BCUT2D eigenvalue weighted by atomic mass is 10.3. The van der Waals surface area contributed by atoms with E-state index in [1.54, 1.807) is 31.2 Å². The van der Waals surface area contributed by atoms with Gasteiger partial charge in [-0.25, -0.2) is 8.42 Å². The zero-order valence-corrected chi connectivity index (χ0v) is 11.1. The van der Waals surface area contributed by atoms with E-state index >= 15 is 0 Å². The topological polar surface area (TPSA) is 89.7 Å². The molecule has 0 aliphatic carbocycles. The van der Waals surface area contributed by atoms with Gasteiger partial charge >= 0.3 is 5.97 Å².